The van der Waals surface area contributed by atoms with Crippen LogP contribution in [0.2, 0.25) is 0 Å². The standard InChI is InChI=1S/C15H16O2/c16-15(11-14-9-10-17-12-14)8-4-7-13-5-2-1-3-6-13/h1-3,5-6,9-10,12H,4,7-8,11H2. The van der Waals surface area contributed by atoms with Gasteiger partial charge in [0.1, 0.15) is 5.78 Å². The van der Waals surface area contributed by atoms with Gasteiger partial charge in [0.25, 0.3) is 0 Å². The quantitative estimate of drug-likeness (QED) is 0.758. The third kappa shape index (κ3) is 3.91. The van der Waals surface area contributed by atoms with Gasteiger partial charge in [0.05, 0.1) is 12.5 Å². The number of rotatable bonds is 6. The molecule has 0 aliphatic heterocycles. The Morgan fingerprint density at radius 2 is 1.88 bits per heavy atom. The number of ketones is 1. The minimum Gasteiger partial charge on any atom is -0.472 e. The lowest BCUT2D eigenvalue weighted by Crippen LogP contribution is -2.02. The highest BCUT2D eigenvalue weighted by atomic mass is 16.3. The van der Waals surface area contributed by atoms with Gasteiger partial charge in [-0.25, -0.2) is 0 Å². The zero-order valence-corrected chi connectivity index (χ0v) is 9.76. The average Bonchev–Trinajstić information content (AvgIpc) is 2.83. The zero-order valence-electron chi connectivity index (χ0n) is 9.76. The van der Waals surface area contributed by atoms with Gasteiger partial charge in [0, 0.05) is 12.8 Å². The number of carbonyl (C=O) groups excluding carboxylic acids is 1. The van der Waals surface area contributed by atoms with Crippen molar-refractivity contribution in [1.82, 2.24) is 0 Å². The second kappa shape index (κ2) is 6.04. The molecule has 0 atom stereocenters. The van der Waals surface area contributed by atoms with Gasteiger partial charge >= 0.3 is 0 Å². The van der Waals surface area contributed by atoms with E-state index in [0.717, 1.165) is 18.4 Å². The summed E-state index contributed by atoms with van der Waals surface area (Å²) in [6, 6.07) is 12.1. The normalized spacial score (nSPS) is 10.4. The number of Topliss-reactive ketones (excluding diaryl/α,β-unsaturated/α-hetero) is 1. The van der Waals surface area contributed by atoms with Crippen molar-refractivity contribution in [3.05, 3.63) is 60.1 Å². The summed E-state index contributed by atoms with van der Waals surface area (Å²) in [5.41, 5.74) is 2.26. The van der Waals surface area contributed by atoms with Crippen LogP contribution in [0.25, 0.3) is 0 Å². The van der Waals surface area contributed by atoms with Gasteiger partial charge in [-0.15, -0.1) is 0 Å². The third-order valence-electron chi connectivity index (χ3n) is 2.75. The van der Waals surface area contributed by atoms with Crippen LogP contribution in [0.4, 0.5) is 0 Å². The first-order valence-electron chi connectivity index (χ1n) is 5.91. The fourth-order valence-electron chi connectivity index (χ4n) is 1.84. The van der Waals surface area contributed by atoms with E-state index in [1.807, 2.05) is 24.3 Å². The summed E-state index contributed by atoms with van der Waals surface area (Å²) < 4.78 is 4.94. The van der Waals surface area contributed by atoms with Gasteiger partial charge in [-0.2, -0.15) is 0 Å². The van der Waals surface area contributed by atoms with Gasteiger partial charge in [-0.3, -0.25) is 4.79 Å². The van der Waals surface area contributed by atoms with Crippen molar-refractivity contribution in [2.75, 3.05) is 0 Å². The van der Waals surface area contributed by atoms with Crippen LogP contribution in [0.15, 0.2) is 53.3 Å². The molecule has 2 rings (SSSR count). The van der Waals surface area contributed by atoms with E-state index in [1.165, 1.54) is 5.56 Å². The van der Waals surface area contributed by atoms with Gasteiger partial charge in [-0.1, -0.05) is 30.3 Å². The highest BCUT2D eigenvalue weighted by Gasteiger charge is 2.04. The van der Waals surface area contributed by atoms with Crippen LogP contribution in [-0.2, 0) is 17.6 Å². The van der Waals surface area contributed by atoms with Crippen LogP contribution in [0.3, 0.4) is 0 Å². The lowest BCUT2D eigenvalue weighted by atomic mass is 10.0. The Kier molecular flexibility index (Phi) is 4.14. The molecule has 0 N–H and O–H groups in total. The Morgan fingerprint density at radius 1 is 1.06 bits per heavy atom. The molecule has 0 radical (unpaired) electrons. The molecule has 0 fully saturated rings. The molecule has 0 aliphatic carbocycles. The lowest BCUT2D eigenvalue weighted by molar-refractivity contribution is -0.118. The van der Waals surface area contributed by atoms with Gasteiger partial charge in [0.15, 0.2) is 0 Å². The van der Waals surface area contributed by atoms with Crippen molar-refractivity contribution in [2.45, 2.75) is 25.7 Å². The Balaban J connectivity index is 1.70. The van der Waals surface area contributed by atoms with Crippen molar-refractivity contribution < 1.29 is 9.21 Å². The first-order chi connectivity index (χ1) is 8.34. The summed E-state index contributed by atoms with van der Waals surface area (Å²) in [6.45, 7) is 0. The van der Waals surface area contributed by atoms with Crippen molar-refractivity contribution >= 4 is 5.78 Å². The van der Waals surface area contributed by atoms with E-state index in [2.05, 4.69) is 12.1 Å². The van der Waals surface area contributed by atoms with Gasteiger partial charge < -0.3 is 4.42 Å². The highest BCUT2D eigenvalue weighted by molar-refractivity contribution is 5.80. The van der Waals surface area contributed by atoms with Crippen LogP contribution >= 0.6 is 0 Å². The van der Waals surface area contributed by atoms with E-state index >= 15 is 0 Å². The molecule has 2 aromatic rings. The second-order valence-electron chi connectivity index (χ2n) is 4.19. The van der Waals surface area contributed by atoms with Crippen molar-refractivity contribution in [3.8, 4) is 0 Å². The van der Waals surface area contributed by atoms with Crippen molar-refractivity contribution in [2.24, 2.45) is 0 Å². The number of hydrogen-bond acceptors (Lipinski definition) is 2. The van der Waals surface area contributed by atoms with E-state index in [-0.39, 0.29) is 5.78 Å². The Hall–Kier alpha value is -1.83. The first-order valence-corrected chi connectivity index (χ1v) is 5.91. The third-order valence-corrected chi connectivity index (χ3v) is 2.75. The molecule has 2 nitrogen and oxygen atoms in total. The van der Waals surface area contributed by atoms with E-state index in [1.54, 1.807) is 12.5 Å². The maximum Gasteiger partial charge on any atom is 0.137 e. The molecule has 0 saturated heterocycles. The molecule has 0 bridgehead atoms. The van der Waals surface area contributed by atoms with Crippen molar-refractivity contribution in [3.63, 3.8) is 0 Å². The molecule has 1 aromatic carbocycles. The monoisotopic (exact) mass is 228 g/mol. The second-order valence-corrected chi connectivity index (χ2v) is 4.19. The fraction of sp³-hybridized carbons (Fsp3) is 0.267. The molecule has 0 unspecified atom stereocenters. The van der Waals surface area contributed by atoms with Crippen molar-refractivity contribution in [1.29, 1.82) is 0 Å². The molecule has 0 amide bonds. The summed E-state index contributed by atoms with van der Waals surface area (Å²) in [7, 11) is 0. The lowest BCUT2D eigenvalue weighted by Gasteiger charge is -2.00. The predicted molar refractivity (Wildman–Crippen MR) is 66.8 cm³/mol. The predicted octanol–water partition coefficient (Wildman–Crippen LogP) is 3.41. The maximum absolute atomic E-state index is 11.7. The van der Waals surface area contributed by atoms with Crippen LogP contribution in [0.1, 0.15) is 24.0 Å². The van der Waals surface area contributed by atoms with E-state index in [0.29, 0.717) is 12.8 Å². The van der Waals surface area contributed by atoms with E-state index in [4.69, 9.17) is 4.42 Å². The van der Waals surface area contributed by atoms with Crippen LogP contribution in [-0.4, -0.2) is 5.78 Å². The van der Waals surface area contributed by atoms with Crippen LogP contribution in [0, 0.1) is 0 Å². The molecule has 0 spiro atoms. The Morgan fingerprint density at radius 3 is 2.59 bits per heavy atom. The highest BCUT2D eigenvalue weighted by Crippen LogP contribution is 2.08. The minimum atomic E-state index is 0.280. The summed E-state index contributed by atoms with van der Waals surface area (Å²) >= 11 is 0. The molecule has 0 aliphatic rings. The number of furan rings is 1. The van der Waals surface area contributed by atoms with Crippen LogP contribution < -0.4 is 0 Å². The molecule has 1 aromatic heterocycles. The topological polar surface area (TPSA) is 30.2 Å². The average molecular weight is 228 g/mol. The van der Waals surface area contributed by atoms with E-state index < -0.39 is 0 Å². The SMILES string of the molecule is O=C(CCCc1ccccc1)Cc1ccoc1. The van der Waals surface area contributed by atoms with Crippen LogP contribution in [0.5, 0.6) is 0 Å². The number of benzene rings is 1. The number of carbonyl (C=O) groups is 1. The number of aryl methyl sites for hydroxylation is 1. The molecule has 17 heavy (non-hydrogen) atoms. The molecule has 0 saturated carbocycles. The molecule has 88 valence electrons. The summed E-state index contributed by atoms with van der Waals surface area (Å²) in [5, 5.41) is 0. The summed E-state index contributed by atoms with van der Waals surface area (Å²) in [5.74, 6) is 0.280. The summed E-state index contributed by atoms with van der Waals surface area (Å²) in [4.78, 5) is 11.7. The fourth-order valence-corrected chi connectivity index (χ4v) is 1.84. The minimum absolute atomic E-state index is 0.280. The number of hydrogen-bond donors (Lipinski definition) is 0. The zero-order chi connectivity index (χ0) is 11.9. The van der Waals surface area contributed by atoms with Gasteiger partial charge in [-0.05, 0) is 30.0 Å². The largest absolute Gasteiger partial charge is 0.472 e. The Labute approximate surface area is 101 Å². The smallest absolute Gasteiger partial charge is 0.137 e. The molecular weight excluding hydrogens is 212 g/mol. The van der Waals surface area contributed by atoms with E-state index in [9.17, 15) is 4.79 Å². The molecule has 2 heteroatoms. The summed E-state index contributed by atoms with van der Waals surface area (Å²) in [6.07, 6.45) is 6.26. The first kappa shape index (κ1) is 11.6. The molecule has 1 heterocycles. The van der Waals surface area contributed by atoms with Gasteiger partial charge in [0.2, 0.25) is 0 Å². The maximum atomic E-state index is 11.7. The molecular formula is C15H16O2. The Bertz CT molecular complexity index is 443.